The Balaban J connectivity index is 2.27. The topological polar surface area (TPSA) is 19.7 Å². The SMILES string of the molecule is C=CCC1([n+]2cc[nH]c2)CCC(C)C1. The van der Waals surface area contributed by atoms with Crippen LogP contribution in [0, 0.1) is 5.92 Å². The molecular weight excluding hydrogens is 172 g/mol. The summed E-state index contributed by atoms with van der Waals surface area (Å²) in [5.41, 5.74) is 0.307. The first-order valence-electron chi connectivity index (χ1n) is 5.42. The summed E-state index contributed by atoms with van der Waals surface area (Å²) in [6.07, 6.45) is 13.2. The van der Waals surface area contributed by atoms with Crippen molar-refractivity contribution < 1.29 is 4.57 Å². The minimum atomic E-state index is 0.307. The highest BCUT2D eigenvalue weighted by molar-refractivity contribution is 4.89. The Morgan fingerprint density at radius 1 is 1.71 bits per heavy atom. The van der Waals surface area contributed by atoms with Gasteiger partial charge in [0.1, 0.15) is 17.9 Å². The summed E-state index contributed by atoms with van der Waals surface area (Å²) in [5, 5.41) is 0. The molecular formula is C12H19N2+. The molecule has 0 bridgehead atoms. The van der Waals surface area contributed by atoms with Crippen LogP contribution in [0.1, 0.15) is 32.6 Å². The fourth-order valence-corrected chi connectivity index (χ4v) is 2.75. The van der Waals surface area contributed by atoms with Crippen LogP contribution in [0.25, 0.3) is 0 Å². The second-order valence-corrected chi connectivity index (χ2v) is 4.58. The van der Waals surface area contributed by atoms with Crippen LogP contribution in [0.5, 0.6) is 0 Å². The quantitative estimate of drug-likeness (QED) is 0.559. The molecule has 2 nitrogen and oxygen atoms in total. The third-order valence-corrected chi connectivity index (χ3v) is 3.45. The van der Waals surface area contributed by atoms with E-state index in [2.05, 4.69) is 41.7 Å². The molecule has 2 heteroatoms. The molecule has 1 saturated carbocycles. The zero-order chi connectivity index (χ0) is 10.0. The van der Waals surface area contributed by atoms with E-state index in [1.165, 1.54) is 19.3 Å². The molecule has 14 heavy (non-hydrogen) atoms. The Hall–Kier alpha value is -1.05. The highest BCUT2D eigenvalue weighted by atomic mass is 15.1. The van der Waals surface area contributed by atoms with E-state index < -0.39 is 0 Å². The van der Waals surface area contributed by atoms with Crippen molar-refractivity contribution in [1.82, 2.24) is 4.98 Å². The molecule has 0 radical (unpaired) electrons. The molecule has 1 heterocycles. The number of hydrogen-bond donors (Lipinski definition) is 1. The lowest BCUT2D eigenvalue weighted by Crippen LogP contribution is -2.53. The number of H-pyrrole nitrogens is 1. The van der Waals surface area contributed by atoms with Crippen LogP contribution in [0.15, 0.2) is 31.4 Å². The molecule has 2 atom stereocenters. The Morgan fingerprint density at radius 2 is 2.57 bits per heavy atom. The minimum Gasteiger partial charge on any atom is -0.250 e. The van der Waals surface area contributed by atoms with Gasteiger partial charge in [-0.25, -0.2) is 4.57 Å². The Labute approximate surface area is 85.7 Å². The molecule has 1 aromatic rings. The maximum absolute atomic E-state index is 3.88. The standard InChI is InChI=1S/C12H18N2/c1-3-5-12(6-4-11(2)9-12)14-8-7-13-10-14/h3,7-8,10-11H,1,4-6,9H2,2H3/p+1. The van der Waals surface area contributed by atoms with E-state index in [4.69, 9.17) is 0 Å². The Bertz CT molecular complexity index is 302. The van der Waals surface area contributed by atoms with Gasteiger partial charge in [0.2, 0.25) is 6.33 Å². The number of aromatic nitrogens is 2. The van der Waals surface area contributed by atoms with Crippen LogP contribution in [0.3, 0.4) is 0 Å². The van der Waals surface area contributed by atoms with Crippen LogP contribution in [0.4, 0.5) is 0 Å². The number of aromatic amines is 1. The lowest BCUT2D eigenvalue weighted by molar-refractivity contribution is -0.762. The normalized spacial score (nSPS) is 31.9. The van der Waals surface area contributed by atoms with E-state index in [1.54, 1.807) is 0 Å². The molecule has 0 aliphatic heterocycles. The molecule has 0 saturated heterocycles. The van der Waals surface area contributed by atoms with Gasteiger partial charge in [0, 0.05) is 6.42 Å². The summed E-state index contributed by atoms with van der Waals surface area (Å²) in [7, 11) is 0. The lowest BCUT2D eigenvalue weighted by Gasteiger charge is -2.24. The van der Waals surface area contributed by atoms with E-state index >= 15 is 0 Å². The number of nitrogens with zero attached hydrogens (tertiary/aromatic N) is 1. The largest absolute Gasteiger partial charge is 0.250 e. The first kappa shape index (κ1) is 9.50. The highest BCUT2D eigenvalue weighted by Crippen LogP contribution is 2.38. The van der Waals surface area contributed by atoms with E-state index in [1.807, 2.05) is 6.20 Å². The van der Waals surface area contributed by atoms with E-state index in [0.717, 1.165) is 12.3 Å². The van der Waals surface area contributed by atoms with Crippen molar-refractivity contribution in [3.63, 3.8) is 0 Å². The van der Waals surface area contributed by atoms with Gasteiger partial charge >= 0.3 is 0 Å². The van der Waals surface area contributed by atoms with Gasteiger partial charge in [-0.2, -0.15) is 0 Å². The molecule has 1 fully saturated rings. The smallest absolute Gasteiger partial charge is 0.241 e. The predicted molar refractivity (Wildman–Crippen MR) is 56.8 cm³/mol. The summed E-state index contributed by atoms with van der Waals surface area (Å²) in [4.78, 5) is 3.13. The molecule has 0 spiro atoms. The summed E-state index contributed by atoms with van der Waals surface area (Å²) in [5.74, 6) is 0.845. The third-order valence-electron chi connectivity index (χ3n) is 3.45. The van der Waals surface area contributed by atoms with Gasteiger partial charge in [-0.1, -0.05) is 13.0 Å². The Morgan fingerprint density at radius 3 is 3.07 bits per heavy atom. The van der Waals surface area contributed by atoms with Gasteiger partial charge < -0.3 is 0 Å². The van der Waals surface area contributed by atoms with E-state index in [-0.39, 0.29) is 0 Å². The molecule has 0 amide bonds. The van der Waals surface area contributed by atoms with Crippen LogP contribution in [0.2, 0.25) is 0 Å². The van der Waals surface area contributed by atoms with Gasteiger partial charge in [0.05, 0.1) is 0 Å². The van der Waals surface area contributed by atoms with Gasteiger partial charge in [-0.15, -0.1) is 6.58 Å². The molecule has 1 aliphatic carbocycles. The second-order valence-electron chi connectivity index (χ2n) is 4.58. The summed E-state index contributed by atoms with van der Waals surface area (Å²) >= 11 is 0. The predicted octanol–water partition coefficient (Wildman–Crippen LogP) is 2.39. The first-order valence-corrected chi connectivity index (χ1v) is 5.42. The number of nitrogens with one attached hydrogen (secondary N) is 1. The van der Waals surface area contributed by atoms with Crippen molar-refractivity contribution in [3.8, 4) is 0 Å². The summed E-state index contributed by atoms with van der Waals surface area (Å²) < 4.78 is 2.33. The number of rotatable bonds is 3. The van der Waals surface area contributed by atoms with Gasteiger partial charge in [-0.05, 0) is 25.2 Å². The average Bonchev–Trinajstić information content (AvgIpc) is 2.75. The van der Waals surface area contributed by atoms with Crippen molar-refractivity contribution in [2.75, 3.05) is 0 Å². The fourth-order valence-electron chi connectivity index (χ4n) is 2.75. The van der Waals surface area contributed by atoms with Gasteiger partial charge in [0.15, 0.2) is 0 Å². The van der Waals surface area contributed by atoms with Crippen molar-refractivity contribution >= 4 is 0 Å². The minimum absolute atomic E-state index is 0.307. The highest BCUT2D eigenvalue weighted by Gasteiger charge is 2.41. The summed E-state index contributed by atoms with van der Waals surface area (Å²) in [6, 6.07) is 0. The van der Waals surface area contributed by atoms with Crippen molar-refractivity contribution in [2.45, 2.75) is 38.1 Å². The van der Waals surface area contributed by atoms with Crippen molar-refractivity contribution in [1.29, 1.82) is 0 Å². The number of hydrogen-bond acceptors (Lipinski definition) is 0. The van der Waals surface area contributed by atoms with Crippen LogP contribution in [-0.2, 0) is 5.54 Å². The average molecular weight is 191 g/mol. The second kappa shape index (κ2) is 3.60. The van der Waals surface area contributed by atoms with Crippen molar-refractivity contribution in [3.05, 3.63) is 31.4 Å². The van der Waals surface area contributed by atoms with Crippen molar-refractivity contribution in [2.24, 2.45) is 5.92 Å². The van der Waals surface area contributed by atoms with Crippen LogP contribution >= 0.6 is 0 Å². The molecule has 1 aliphatic rings. The zero-order valence-corrected chi connectivity index (χ0v) is 8.87. The third kappa shape index (κ3) is 1.49. The fraction of sp³-hybridized carbons (Fsp3) is 0.583. The van der Waals surface area contributed by atoms with Crippen LogP contribution in [-0.4, -0.2) is 4.98 Å². The van der Waals surface area contributed by atoms with E-state index in [9.17, 15) is 0 Å². The molecule has 0 aromatic carbocycles. The van der Waals surface area contributed by atoms with Crippen LogP contribution < -0.4 is 4.57 Å². The maximum Gasteiger partial charge on any atom is 0.241 e. The number of imidazole rings is 1. The van der Waals surface area contributed by atoms with Gasteiger partial charge in [-0.3, -0.25) is 4.98 Å². The molecule has 1 N–H and O–H groups in total. The molecule has 76 valence electrons. The maximum atomic E-state index is 3.88. The lowest BCUT2D eigenvalue weighted by atomic mass is 9.92. The van der Waals surface area contributed by atoms with E-state index in [0.29, 0.717) is 5.54 Å². The molecule has 2 rings (SSSR count). The van der Waals surface area contributed by atoms with Gasteiger partial charge in [0.25, 0.3) is 0 Å². The summed E-state index contributed by atoms with van der Waals surface area (Å²) in [6.45, 7) is 6.23. The monoisotopic (exact) mass is 191 g/mol. The zero-order valence-electron chi connectivity index (χ0n) is 8.87. The molecule has 1 aromatic heterocycles. The first-order chi connectivity index (χ1) is 6.77. The molecule has 2 unspecified atom stereocenters. The number of allylic oxidation sites excluding steroid dienone is 1. The Kier molecular flexibility index (Phi) is 2.44.